The smallest absolute Gasteiger partial charge is 0.101 e. The van der Waals surface area contributed by atoms with E-state index in [9.17, 15) is 0 Å². The van der Waals surface area contributed by atoms with Gasteiger partial charge >= 0.3 is 0 Å². The minimum Gasteiger partial charge on any atom is -0.239 e. The molecule has 0 N–H and O–H groups in total. The molecule has 0 fully saturated rings. The van der Waals surface area contributed by atoms with Crippen LogP contribution in [0.3, 0.4) is 0 Å². The summed E-state index contributed by atoms with van der Waals surface area (Å²) in [6.45, 7) is 6.22. The number of nitriles is 1. The molecule has 0 radical (unpaired) electrons. The Hall–Kier alpha value is -2.08. The molecule has 3 nitrogen and oxygen atoms in total. The zero-order chi connectivity index (χ0) is 12.4. The van der Waals surface area contributed by atoms with Crippen molar-refractivity contribution < 1.29 is 0 Å². The van der Waals surface area contributed by atoms with Crippen LogP contribution in [-0.2, 0) is 0 Å². The van der Waals surface area contributed by atoms with Crippen LogP contribution >= 0.6 is 0 Å². The van der Waals surface area contributed by atoms with E-state index >= 15 is 0 Å². The summed E-state index contributed by atoms with van der Waals surface area (Å²) in [5.74, 6) is 0.395. The summed E-state index contributed by atoms with van der Waals surface area (Å²) in [5.41, 5.74) is 3.66. The van der Waals surface area contributed by atoms with Gasteiger partial charge in [0.15, 0.2) is 0 Å². The number of aryl methyl sites for hydroxylation is 1. The summed E-state index contributed by atoms with van der Waals surface area (Å²) in [6, 6.07) is 9.95. The van der Waals surface area contributed by atoms with Gasteiger partial charge in [0.05, 0.1) is 16.9 Å². The first-order valence-corrected chi connectivity index (χ1v) is 5.68. The first kappa shape index (κ1) is 11.4. The Morgan fingerprint density at radius 1 is 1.29 bits per heavy atom. The standard InChI is InChI=1S/C14H15N3/c1-10(2)13-6-7-17(16-13)14-8-11(3)4-5-12(14)9-15/h4-8,10H,1-3H3. The molecule has 0 atom stereocenters. The van der Waals surface area contributed by atoms with Crippen molar-refractivity contribution in [2.45, 2.75) is 26.7 Å². The van der Waals surface area contributed by atoms with Crippen LogP contribution in [0.25, 0.3) is 5.69 Å². The second-order valence-corrected chi connectivity index (χ2v) is 4.47. The van der Waals surface area contributed by atoms with Crippen LogP contribution in [0.2, 0.25) is 0 Å². The average Bonchev–Trinajstić information content (AvgIpc) is 2.78. The molecule has 1 heterocycles. The van der Waals surface area contributed by atoms with Crippen molar-refractivity contribution >= 4 is 0 Å². The van der Waals surface area contributed by atoms with E-state index in [1.807, 2.05) is 37.4 Å². The quantitative estimate of drug-likeness (QED) is 0.787. The van der Waals surface area contributed by atoms with Crippen LogP contribution in [0.15, 0.2) is 30.5 Å². The zero-order valence-electron chi connectivity index (χ0n) is 10.3. The van der Waals surface area contributed by atoms with Crippen molar-refractivity contribution in [3.8, 4) is 11.8 Å². The number of hydrogen-bond acceptors (Lipinski definition) is 2. The minimum absolute atomic E-state index is 0.395. The Labute approximate surface area is 101 Å². The van der Waals surface area contributed by atoms with Crippen LogP contribution in [0.4, 0.5) is 0 Å². The van der Waals surface area contributed by atoms with Crippen molar-refractivity contribution in [2.24, 2.45) is 0 Å². The third kappa shape index (κ3) is 2.21. The third-order valence-corrected chi connectivity index (χ3v) is 2.72. The lowest BCUT2D eigenvalue weighted by molar-refractivity contribution is 0.767. The van der Waals surface area contributed by atoms with Gasteiger partial charge in [-0.05, 0) is 36.6 Å². The molecular formula is C14H15N3. The molecule has 0 amide bonds. The highest BCUT2D eigenvalue weighted by molar-refractivity contribution is 5.50. The molecule has 1 aromatic heterocycles. The highest BCUT2D eigenvalue weighted by Crippen LogP contribution is 2.18. The number of hydrogen-bond donors (Lipinski definition) is 0. The fourth-order valence-electron chi connectivity index (χ4n) is 1.71. The first-order valence-electron chi connectivity index (χ1n) is 5.68. The van der Waals surface area contributed by atoms with Gasteiger partial charge in [-0.3, -0.25) is 0 Å². The van der Waals surface area contributed by atoms with Gasteiger partial charge in [-0.1, -0.05) is 19.9 Å². The lowest BCUT2D eigenvalue weighted by Crippen LogP contribution is -2.00. The van der Waals surface area contributed by atoms with Crippen LogP contribution in [0, 0.1) is 18.3 Å². The van der Waals surface area contributed by atoms with Crippen molar-refractivity contribution in [2.75, 3.05) is 0 Å². The number of benzene rings is 1. The van der Waals surface area contributed by atoms with E-state index in [1.165, 1.54) is 0 Å². The minimum atomic E-state index is 0.395. The monoisotopic (exact) mass is 225 g/mol. The SMILES string of the molecule is Cc1ccc(C#N)c(-n2ccc(C(C)C)n2)c1. The van der Waals surface area contributed by atoms with Gasteiger partial charge in [0.2, 0.25) is 0 Å². The van der Waals surface area contributed by atoms with Gasteiger partial charge in [-0.15, -0.1) is 0 Å². The zero-order valence-corrected chi connectivity index (χ0v) is 10.3. The van der Waals surface area contributed by atoms with Crippen LogP contribution in [0.5, 0.6) is 0 Å². The maximum atomic E-state index is 9.10. The van der Waals surface area contributed by atoms with Crippen LogP contribution in [-0.4, -0.2) is 9.78 Å². The van der Waals surface area contributed by atoms with E-state index in [4.69, 9.17) is 5.26 Å². The molecule has 86 valence electrons. The van der Waals surface area contributed by atoms with Crippen molar-refractivity contribution in [3.05, 3.63) is 47.3 Å². The number of rotatable bonds is 2. The normalized spacial score (nSPS) is 10.5. The Morgan fingerprint density at radius 3 is 2.65 bits per heavy atom. The molecule has 0 unspecified atom stereocenters. The Morgan fingerprint density at radius 2 is 2.06 bits per heavy atom. The number of aromatic nitrogens is 2. The van der Waals surface area contributed by atoms with Crippen molar-refractivity contribution in [1.82, 2.24) is 9.78 Å². The molecule has 1 aromatic carbocycles. The molecule has 0 saturated heterocycles. The topological polar surface area (TPSA) is 41.6 Å². The molecule has 2 aromatic rings. The third-order valence-electron chi connectivity index (χ3n) is 2.72. The van der Waals surface area contributed by atoms with Gasteiger partial charge in [0, 0.05) is 6.20 Å². The summed E-state index contributed by atoms with van der Waals surface area (Å²) < 4.78 is 1.78. The molecule has 3 heteroatoms. The molecule has 0 spiro atoms. The molecular weight excluding hydrogens is 210 g/mol. The summed E-state index contributed by atoms with van der Waals surface area (Å²) in [7, 11) is 0. The largest absolute Gasteiger partial charge is 0.239 e. The van der Waals surface area contributed by atoms with Gasteiger partial charge in [-0.25, -0.2) is 4.68 Å². The first-order chi connectivity index (χ1) is 8.11. The second-order valence-electron chi connectivity index (χ2n) is 4.47. The predicted molar refractivity (Wildman–Crippen MR) is 67.1 cm³/mol. The predicted octanol–water partition coefficient (Wildman–Crippen LogP) is 3.18. The molecule has 0 saturated carbocycles. The van der Waals surface area contributed by atoms with Gasteiger partial charge < -0.3 is 0 Å². The molecule has 2 rings (SSSR count). The highest BCUT2D eigenvalue weighted by atomic mass is 15.3. The van der Waals surface area contributed by atoms with Gasteiger partial charge in [-0.2, -0.15) is 10.4 Å². The lowest BCUT2D eigenvalue weighted by Gasteiger charge is -2.05. The summed E-state index contributed by atoms with van der Waals surface area (Å²) in [5, 5.41) is 13.6. The van der Waals surface area contributed by atoms with Crippen LogP contribution < -0.4 is 0 Å². The molecule has 17 heavy (non-hydrogen) atoms. The molecule has 0 bridgehead atoms. The van der Waals surface area contributed by atoms with E-state index < -0.39 is 0 Å². The molecule has 0 aliphatic heterocycles. The van der Waals surface area contributed by atoms with Crippen LogP contribution in [0.1, 0.15) is 36.6 Å². The van der Waals surface area contributed by atoms with Crippen molar-refractivity contribution in [3.63, 3.8) is 0 Å². The summed E-state index contributed by atoms with van der Waals surface area (Å²) in [4.78, 5) is 0. The molecule has 0 aliphatic carbocycles. The Bertz CT molecular complexity index is 573. The lowest BCUT2D eigenvalue weighted by atomic mass is 10.1. The average molecular weight is 225 g/mol. The van der Waals surface area contributed by atoms with E-state index in [2.05, 4.69) is 25.0 Å². The molecule has 0 aliphatic rings. The Balaban J connectivity index is 2.52. The maximum absolute atomic E-state index is 9.10. The van der Waals surface area contributed by atoms with E-state index in [-0.39, 0.29) is 0 Å². The fraction of sp³-hybridized carbons (Fsp3) is 0.286. The second kappa shape index (κ2) is 4.42. The van der Waals surface area contributed by atoms with E-state index in [0.717, 1.165) is 16.9 Å². The fourth-order valence-corrected chi connectivity index (χ4v) is 1.71. The van der Waals surface area contributed by atoms with Gasteiger partial charge in [0.1, 0.15) is 6.07 Å². The summed E-state index contributed by atoms with van der Waals surface area (Å²) in [6.07, 6.45) is 1.91. The Kier molecular flexibility index (Phi) is 2.97. The summed E-state index contributed by atoms with van der Waals surface area (Å²) >= 11 is 0. The van der Waals surface area contributed by atoms with E-state index in [1.54, 1.807) is 4.68 Å². The highest BCUT2D eigenvalue weighted by Gasteiger charge is 2.08. The van der Waals surface area contributed by atoms with Gasteiger partial charge in [0.25, 0.3) is 0 Å². The van der Waals surface area contributed by atoms with Crippen molar-refractivity contribution in [1.29, 1.82) is 5.26 Å². The van der Waals surface area contributed by atoms with E-state index in [0.29, 0.717) is 11.5 Å². The maximum Gasteiger partial charge on any atom is 0.101 e. The number of nitrogens with zero attached hydrogens (tertiary/aromatic N) is 3.